The molecule has 2 heterocycles. The molecule has 6 nitrogen and oxygen atoms in total. The van der Waals surface area contributed by atoms with Gasteiger partial charge in [0.15, 0.2) is 0 Å². The van der Waals surface area contributed by atoms with Crippen LogP contribution >= 0.6 is 0 Å². The number of fused-ring (bicyclic) bond motifs is 1. The lowest BCUT2D eigenvalue weighted by Gasteiger charge is -2.21. The largest absolute Gasteiger partial charge is 0.478 e. The lowest BCUT2D eigenvalue weighted by Crippen LogP contribution is -2.37. The molecule has 1 aliphatic carbocycles. The molecule has 1 aromatic heterocycles. The SMILES string of the molecule is CC1(C)C2C(=O)N(c3cnccc3C(=O)O)C(=O)C21. The maximum absolute atomic E-state index is 12.2. The maximum atomic E-state index is 12.2. The summed E-state index contributed by atoms with van der Waals surface area (Å²) in [5.74, 6) is -2.49. The summed E-state index contributed by atoms with van der Waals surface area (Å²) in [5, 5.41) is 9.10. The van der Waals surface area contributed by atoms with Crippen molar-refractivity contribution < 1.29 is 19.5 Å². The van der Waals surface area contributed by atoms with E-state index < -0.39 is 5.97 Å². The van der Waals surface area contributed by atoms with Crippen molar-refractivity contribution in [3.05, 3.63) is 24.0 Å². The van der Waals surface area contributed by atoms with Gasteiger partial charge in [-0.1, -0.05) is 13.8 Å². The van der Waals surface area contributed by atoms with E-state index in [9.17, 15) is 14.4 Å². The second kappa shape index (κ2) is 3.40. The van der Waals surface area contributed by atoms with Crippen molar-refractivity contribution in [2.24, 2.45) is 17.3 Å². The minimum atomic E-state index is -1.18. The summed E-state index contributed by atoms with van der Waals surface area (Å²) in [4.78, 5) is 40.4. The third-order valence-corrected chi connectivity index (χ3v) is 4.07. The van der Waals surface area contributed by atoms with E-state index in [-0.39, 0.29) is 40.3 Å². The van der Waals surface area contributed by atoms with Crippen LogP contribution in [0.1, 0.15) is 24.2 Å². The standard InChI is InChI=1S/C13H12N2O4/c1-13(2)8-9(13)11(17)15(10(8)16)7-5-14-4-3-6(7)12(18)19/h3-5,8-9H,1-2H3,(H,18,19). The second-order valence-electron chi connectivity index (χ2n) is 5.49. The molecular formula is C13H12N2O4. The molecule has 1 saturated carbocycles. The monoisotopic (exact) mass is 260 g/mol. The Hall–Kier alpha value is -2.24. The summed E-state index contributed by atoms with van der Waals surface area (Å²) in [7, 11) is 0. The Morgan fingerprint density at radius 3 is 2.42 bits per heavy atom. The Labute approximate surface area is 109 Å². The van der Waals surface area contributed by atoms with Crippen LogP contribution in [-0.2, 0) is 9.59 Å². The molecule has 1 saturated heterocycles. The Bertz CT molecular complexity index is 599. The maximum Gasteiger partial charge on any atom is 0.337 e. The van der Waals surface area contributed by atoms with Crippen LogP contribution < -0.4 is 4.90 Å². The third kappa shape index (κ3) is 1.36. The molecule has 2 fully saturated rings. The Balaban J connectivity index is 2.05. The zero-order valence-electron chi connectivity index (χ0n) is 10.5. The molecule has 1 N–H and O–H groups in total. The van der Waals surface area contributed by atoms with Crippen molar-refractivity contribution in [1.82, 2.24) is 4.98 Å². The number of rotatable bonds is 2. The molecule has 2 aliphatic rings. The number of piperidine rings is 1. The number of nitrogens with zero attached hydrogens (tertiary/aromatic N) is 2. The summed E-state index contributed by atoms with van der Waals surface area (Å²) < 4.78 is 0. The third-order valence-electron chi connectivity index (χ3n) is 4.07. The van der Waals surface area contributed by atoms with E-state index >= 15 is 0 Å². The second-order valence-corrected chi connectivity index (χ2v) is 5.49. The highest BCUT2D eigenvalue weighted by atomic mass is 16.4. The Morgan fingerprint density at radius 2 is 1.89 bits per heavy atom. The number of amides is 2. The fraction of sp³-hybridized carbons (Fsp3) is 0.385. The predicted molar refractivity (Wildman–Crippen MR) is 64.5 cm³/mol. The zero-order valence-corrected chi connectivity index (χ0v) is 10.5. The molecule has 1 aromatic rings. The van der Waals surface area contributed by atoms with Crippen LogP contribution in [0.2, 0.25) is 0 Å². The highest BCUT2D eigenvalue weighted by Gasteiger charge is 2.72. The first-order valence-electron chi connectivity index (χ1n) is 5.92. The number of anilines is 1. The lowest BCUT2D eigenvalue weighted by atomic mass is 10.0. The topological polar surface area (TPSA) is 87.6 Å². The van der Waals surface area contributed by atoms with Crippen LogP contribution in [0, 0.1) is 17.3 Å². The van der Waals surface area contributed by atoms with Gasteiger partial charge in [-0.3, -0.25) is 14.6 Å². The van der Waals surface area contributed by atoms with E-state index in [0.29, 0.717) is 0 Å². The van der Waals surface area contributed by atoms with Gasteiger partial charge in [-0.05, 0) is 11.5 Å². The van der Waals surface area contributed by atoms with E-state index in [1.165, 1.54) is 18.5 Å². The molecule has 0 spiro atoms. The van der Waals surface area contributed by atoms with Gasteiger partial charge in [0, 0.05) is 6.20 Å². The van der Waals surface area contributed by atoms with E-state index in [0.717, 1.165) is 4.90 Å². The molecule has 2 amide bonds. The summed E-state index contributed by atoms with van der Waals surface area (Å²) >= 11 is 0. The summed E-state index contributed by atoms with van der Waals surface area (Å²) in [6.07, 6.45) is 2.57. The Morgan fingerprint density at radius 1 is 1.32 bits per heavy atom. The molecule has 2 atom stereocenters. The van der Waals surface area contributed by atoms with E-state index in [1.807, 2.05) is 13.8 Å². The number of imide groups is 1. The number of aromatic carboxylic acids is 1. The smallest absolute Gasteiger partial charge is 0.337 e. The van der Waals surface area contributed by atoms with Crippen LogP contribution in [0.25, 0.3) is 0 Å². The average Bonchev–Trinajstić information content (AvgIpc) is 2.80. The number of carbonyl (C=O) groups excluding carboxylic acids is 2. The van der Waals surface area contributed by atoms with Gasteiger partial charge in [-0.25, -0.2) is 9.69 Å². The quantitative estimate of drug-likeness (QED) is 0.799. The molecule has 0 radical (unpaired) electrons. The van der Waals surface area contributed by atoms with Crippen LogP contribution in [0.5, 0.6) is 0 Å². The van der Waals surface area contributed by atoms with E-state index in [4.69, 9.17) is 5.11 Å². The molecule has 3 rings (SSSR count). The van der Waals surface area contributed by atoms with Gasteiger partial charge in [0.2, 0.25) is 11.8 Å². The molecule has 19 heavy (non-hydrogen) atoms. The molecular weight excluding hydrogens is 248 g/mol. The highest BCUT2D eigenvalue weighted by molar-refractivity contribution is 6.27. The number of carbonyl (C=O) groups is 3. The molecule has 6 heteroatoms. The number of pyridine rings is 1. The van der Waals surface area contributed by atoms with Crippen molar-refractivity contribution >= 4 is 23.5 Å². The molecule has 0 aromatic carbocycles. The minimum absolute atomic E-state index is 0.0630. The lowest BCUT2D eigenvalue weighted by molar-refractivity contribution is -0.125. The van der Waals surface area contributed by atoms with Crippen molar-refractivity contribution in [2.45, 2.75) is 13.8 Å². The number of carboxylic acid groups (broad SMARTS) is 1. The Kier molecular flexibility index (Phi) is 2.12. The molecule has 98 valence electrons. The number of hydrogen-bond donors (Lipinski definition) is 1. The van der Waals surface area contributed by atoms with Gasteiger partial charge >= 0.3 is 5.97 Å². The zero-order chi connectivity index (χ0) is 13.9. The first kappa shape index (κ1) is 11.8. The van der Waals surface area contributed by atoms with Crippen molar-refractivity contribution in [2.75, 3.05) is 4.90 Å². The van der Waals surface area contributed by atoms with E-state index in [2.05, 4.69) is 4.98 Å². The van der Waals surface area contributed by atoms with Gasteiger partial charge in [0.25, 0.3) is 0 Å². The van der Waals surface area contributed by atoms with Crippen LogP contribution in [0.4, 0.5) is 5.69 Å². The first-order chi connectivity index (χ1) is 8.87. The van der Waals surface area contributed by atoms with Crippen LogP contribution in [0.15, 0.2) is 18.5 Å². The van der Waals surface area contributed by atoms with Gasteiger partial charge < -0.3 is 5.11 Å². The highest BCUT2D eigenvalue weighted by Crippen LogP contribution is 2.63. The summed E-state index contributed by atoms with van der Waals surface area (Å²) in [5.41, 5.74) is -0.334. The fourth-order valence-corrected chi connectivity index (χ4v) is 2.93. The van der Waals surface area contributed by atoms with E-state index in [1.54, 1.807) is 0 Å². The van der Waals surface area contributed by atoms with Crippen LogP contribution in [0.3, 0.4) is 0 Å². The number of aromatic nitrogens is 1. The summed E-state index contributed by atoms with van der Waals surface area (Å²) in [6, 6.07) is 1.29. The number of hydrogen-bond acceptors (Lipinski definition) is 4. The summed E-state index contributed by atoms with van der Waals surface area (Å²) in [6.45, 7) is 3.74. The van der Waals surface area contributed by atoms with Gasteiger partial charge in [0.05, 0.1) is 29.3 Å². The van der Waals surface area contributed by atoms with Gasteiger partial charge in [-0.15, -0.1) is 0 Å². The molecule has 1 aliphatic heterocycles. The van der Waals surface area contributed by atoms with Crippen molar-refractivity contribution in [3.63, 3.8) is 0 Å². The molecule has 2 unspecified atom stereocenters. The van der Waals surface area contributed by atoms with Gasteiger partial charge in [-0.2, -0.15) is 0 Å². The van der Waals surface area contributed by atoms with Crippen LogP contribution in [-0.4, -0.2) is 27.9 Å². The number of carboxylic acids is 1. The fourth-order valence-electron chi connectivity index (χ4n) is 2.93. The minimum Gasteiger partial charge on any atom is -0.478 e. The van der Waals surface area contributed by atoms with Crippen molar-refractivity contribution in [1.29, 1.82) is 0 Å². The first-order valence-corrected chi connectivity index (χ1v) is 5.92. The molecule has 0 bridgehead atoms. The average molecular weight is 260 g/mol. The van der Waals surface area contributed by atoms with Crippen molar-refractivity contribution in [3.8, 4) is 0 Å². The normalized spacial score (nSPS) is 27.4. The predicted octanol–water partition coefficient (Wildman–Crippen LogP) is 0.925. The van der Waals surface area contributed by atoms with Gasteiger partial charge in [0.1, 0.15) is 0 Å².